The molecule has 4 heteroatoms. The van der Waals surface area contributed by atoms with Gasteiger partial charge in [-0.1, -0.05) is 6.07 Å². The number of aromatic nitrogens is 2. The van der Waals surface area contributed by atoms with Crippen LogP contribution in [-0.4, -0.2) is 26.4 Å². The molecule has 0 saturated heterocycles. The number of carbonyl (C=O) groups excluding carboxylic acids is 1. The maximum Gasteiger partial charge on any atom is 0.271 e. The third-order valence-corrected chi connectivity index (χ3v) is 3.88. The van der Waals surface area contributed by atoms with E-state index >= 15 is 0 Å². The minimum absolute atomic E-state index is 0.125. The van der Waals surface area contributed by atoms with Crippen molar-refractivity contribution in [1.82, 2.24) is 14.5 Å². The topological polar surface area (TPSA) is 38.1 Å². The summed E-state index contributed by atoms with van der Waals surface area (Å²) in [7, 11) is 0. The van der Waals surface area contributed by atoms with Gasteiger partial charge < -0.3 is 9.47 Å². The van der Waals surface area contributed by atoms with E-state index in [0.29, 0.717) is 18.6 Å². The fourth-order valence-electron chi connectivity index (χ4n) is 2.61. The fourth-order valence-corrected chi connectivity index (χ4v) is 2.61. The summed E-state index contributed by atoms with van der Waals surface area (Å²) < 4.78 is 2.04. The fraction of sp³-hybridized carbons (Fsp3) is 0.412. The molecule has 0 aromatic carbocycles. The molecule has 0 atom stereocenters. The van der Waals surface area contributed by atoms with Crippen LogP contribution < -0.4 is 0 Å². The van der Waals surface area contributed by atoms with E-state index in [1.54, 1.807) is 6.20 Å². The van der Waals surface area contributed by atoms with Crippen LogP contribution in [0.5, 0.6) is 0 Å². The smallest absolute Gasteiger partial charge is 0.271 e. The molecule has 1 saturated carbocycles. The number of hydrogen-bond donors (Lipinski definition) is 0. The maximum absolute atomic E-state index is 12.9. The predicted octanol–water partition coefficient (Wildman–Crippen LogP) is 3.27. The van der Waals surface area contributed by atoms with Crippen molar-refractivity contribution in [3.8, 4) is 0 Å². The molecule has 4 nitrogen and oxygen atoms in total. The molecule has 2 aromatic rings. The molecule has 1 fully saturated rings. The summed E-state index contributed by atoms with van der Waals surface area (Å²) in [6.45, 7) is 4.83. The molecular formula is C17H21N3O. The Morgan fingerprint density at radius 3 is 2.81 bits per heavy atom. The lowest BCUT2D eigenvalue weighted by molar-refractivity contribution is 0.0717. The number of hydrogen-bond acceptors (Lipinski definition) is 2. The minimum Gasteiger partial charge on any atom is -0.341 e. The van der Waals surface area contributed by atoms with Crippen molar-refractivity contribution in [3.05, 3.63) is 54.1 Å². The first-order valence-electron chi connectivity index (χ1n) is 7.53. The van der Waals surface area contributed by atoms with Crippen molar-refractivity contribution in [1.29, 1.82) is 0 Å². The highest BCUT2D eigenvalue weighted by atomic mass is 16.2. The van der Waals surface area contributed by atoms with E-state index in [4.69, 9.17) is 0 Å². The Morgan fingerprint density at radius 2 is 2.19 bits per heavy atom. The van der Waals surface area contributed by atoms with Crippen LogP contribution in [0.2, 0.25) is 0 Å². The van der Waals surface area contributed by atoms with Gasteiger partial charge in [-0.15, -0.1) is 0 Å². The van der Waals surface area contributed by atoms with Crippen LogP contribution in [-0.2, 0) is 6.54 Å². The van der Waals surface area contributed by atoms with Crippen molar-refractivity contribution in [2.24, 2.45) is 0 Å². The number of rotatable bonds is 5. The van der Waals surface area contributed by atoms with Gasteiger partial charge in [-0.05, 0) is 50.5 Å². The summed E-state index contributed by atoms with van der Waals surface area (Å²) in [5.41, 5.74) is 1.86. The van der Waals surface area contributed by atoms with Crippen LogP contribution in [0.15, 0.2) is 42.9 Å². The molecule has 0 aliphatic heterocycles. The molecule has 0 unspecified atom stereocenters. The first kappa shape index (κ1) is 13.9. The van der Waals surface area contributed by atoms with Gasteiger partial charge >= 0.3 is 0 Å². The van der Waals surface area contributed by atoms with E-state index in [2.05, 4.69) is 18.8 Å². The van der Waals surface area contributed by atoms with Crippen molar-refractivity contribution in [2.75, 3.05) is 0 Å². The highest BCUT2D eigenvalue weighted by Gasteiger charge is 2.34. The molecule has 110 valence electrons. The van der Waals surface area contributed by atoms with E-state index in [1.807, 2.05) is 46.1 Å². The lowest BCUT2D eigenvalue weighted by atomic mass is 10.2. The quantitative estimate of drug-likeness (QED) is 0.844. The normalized spacial score (nSPS) is 14.4. The second-order valence-electron chi connectivity index (χ2n) is 5.92. The summed E-state index contributed by atoms with van der Waals surface area (Å²) in [5, 5.41) is 0. The molecular weight excluding hydrogens is 262 g/mol. The SMILES string of the molecule is CC(C)n1cccc1C(=O)N(Cc1cccnc1)C1CC1. The van der Waals surface area contributed by atoms with Crippen molar-refractivity contribution >= 4 is 5.91 Å². The number of nitrogens with zero attached hydrogens (tertiary/aromatic N) is 3. The van der Waals surface area contributed by atoms with Gasteiger partial charge in [-0.2, -0.15) is 0 Å². The van der Waals surface area contributed by atoms with Crippen molar-refractivity contribution in [2.45, 2.75) is 45.3 Å². The Hall–Kier alpha value is -2.10. The summed E-state index contributed by atoms with van der Waals surface area (Å²) in [6.07, 6.45) is 7.79. The predicted molar refractivity (Wildman–Crippen MR) is 81.9 cm³/mol. The van der Waals surface area contributed by atoms with E-state index in [9.17, 15) is 4.79 Å². The van der Waals surface area contributed by atoms with Gasteiger partial charge in [0.15, 0.2) is 0 Å². The second kappa shape index (κ2) is 5.72. The van der Waals surface area contributed by atoms with Gasteiger partial charge in [-0.3, -0.25) is 9.78 Å². The Morgan fingerprint density at radius 1 is 1.38 bits per heavy atom. The van der Waals surface area contributed by atoms with Gasteiger partial charge in [0, 0.05) is 37.2 Å². The highest BCUT2D eigenvalue weighted by molar-refractivity contribution is 5.93. The Labute approximate surface area is 125 Å². The first-order chi connectivity index (χ1) is 10.2. The third-order valence-electron chi connectivity index (χ3n) is 3.88. The zero-order chi connectivity index (χ0) is 14.8. The molecule has 2 aromatic heterocycles. The Balaban J connectivity index is 1.84. The minimum atomic E-state index is 0.125. The molecule has 0 N–H and O–H groups in total. The largest absolute Gasteiger partial charge is 0.341 e. The van der Waals surface area contributed by atoms with Crippen LogP contribution in [0.1, 0.15) is 48.8 Å². The van der Waals surface area contributed by atoms with Crippen LogP contribution in [0.3, 0.4) is 0 Å². The maximum atomic E-state index is 12.9. The summed E-state index contributed by atoms with van der Waals surface area (Å²) in [4.78, 5) is 19.0. The second-order valence-corrected chi connectivity index (χ2v) is 5.92. The molecule has 0 radical (unpaired) electrons. The third kappa shape index (κ3) is 2.99. The monoisotopic (exact) mass is 283 g/mol. The molecule has 3 rings (SSSR count). The van der Waals surface area contributed by atoms with Crippen LogP contribution in [0.4, 0.5) is 0 Å². The zero-order valence-electron chi connectivity index (χ0n) is 12.6. The van der Waals surface area contributed by atoms with Crippen molar-refractivity contribution in [3.63, 3.8) is 0 Å². The zero-order valence-corrected chi connectivity index (χ0v) is 12.6. The lowest BCUT2D eigenvalue weighted by Gasteiger charge is -2.24. The number of pyridine rings is 1. The van der Waals surface area contributed by atoms with Gasteiger partial charge in [-0.25, -0.2) is 0 Å². The molecule has 21 heavy (non-hydrogen) atoms. The van der Waals surface area contributed by atoms with Crippen LogP contribution in [0, 0.1) is 0 Å². The highest BCUT2D eigenvalue weighted by Crippen LogP contribution is 2.30. The number of carbonyl (C=O) groups is 1. The first-order valence-corrected chi connectivity index (χ1v) is 7.53. The van der Waals surface area contributed by atoms with Gasteiger partial charge in [0.25, 0.3) is 5.91 Å². The van der Waals surface area contributed by atoms with Gasteiger partial charge in [0.05, 0.1) is 0 Å². The molecule has 1 amide bonds. The van der Waals surface area contributed by atoms with E-state index < -0.39 is 0 Å². The molecule has 0 spiro atoms. The summed E-state index contributed by atoms with van der Waals surface area (Å²) >= 11 is 0. The summed E-state index contributed by atoms with van der Waals surface area (Å²) in [5.74, 6) is 0.125. The average molecular weight is 283 g/mol. The van der Waals surface area contributed by atoms with E-state index in [-0.39, 0.29) is 5.91 Å². The molecule has 1 aliphatic rings. The number of amides is 1. The Bertz CT molecular complexity index is 614. The average Bonchev–Trinajstić information content (AvgIpc) is 3.20. The molecule has 0 bridgehead atoms. The van der Waals surface area contributed by atoms with Gasteiger partial charge in [0.1, 0.15) is 5.69 Å². The molecule has 2 heterocycles. The summed E-state index contributed by atoms with van der Waals surface area (Å²) in [6, 6.07) is 8.48. The molecule has 1 aliphatic carbocycles. The van der Waals surface area contributed by atoms with E-state index in [1.165, 1.54) is 0 Å². The van der Waals surface area contributed by atoms with Crippen molar-refractivity contribution < 1.29 is 4.79 Å². The van der Waals surface area contributed by atoms with Crippen LogP contribution in [0.25, 0.3) is 0 Å². The van der Waals surface area contributed by atoms with E-state index in [0.717, 1.165) is 24.1 Å². The standard InChI is InChI=1S/C17H21N3O/c1-13(2)19-10-4-6-16(19)17(21)20(15-7-8-15)12-14-5-3-9-18-11-14/h3-6,9-11,13,15H,7-8,12H2,1-2H3. The Kier molecular flexibility index (Phi) is 3.78. The lowest BCUT2D eigenvalue weighted by Crippen LogP contribution is -2.34. The van der Waals surface area contributed by atoms with Gasteiger partial charge in [0.2, 0.25) is 0 Å². The van der Waals surface area contributed by atoms with Crippen LogP contribution >= 0.6 is 0 Å².